The molecule has 8 nitrogen and oxygen atoms in total. The van der Waals surface area contributed by atoms with Crippen LogP contribution >= 0.6 is 0 Å². The quantitative estimate of drug-likeness (QED) is 0.754. The van der Waals surface area contributed by atoms with Crippen molar-refractivity contribution in [2.24, 2.45) is 7.05 Å². The number of nitrogens with one attached hydrogen (secondary N) is 1. The molecule has 2 aromatic rings. The van der Waals surface area contributed by atoms with Gasteiger partial charge in [-0.15, -0.1) is 0 Å². The van der Waals surface area contributed by atoms with Crippen molar-refractivity contribution >= 4 is 21.6 Å². The van der Waals surface area contributed by atoms with E-state index in [2.05, 4.69) is 10.4 Å². The topological polar surface area (TPSA) is 105 Å². The summed E-state index contributed by atoms with van der Waals surface area (Å²) in [5.74, 6) is -0.524. The zero-order chi connectivity index (χ0) is 19.8. The van der Waals surface area contributed by atoms with Crippen molar-refractivity contribution in [1.82, 2.24) is 14.1 Å². The van der Waals surface area contributed by atoms with Crippen molar-refractivity contribution in [2.45, 2.75) is 38.0 Å². The van der Waals surface area contributed by atoms with Crippen LogP contribution in [-0.4, -0.2) is 46.6 Å². The van der Waals surface area contributed by atoms with Crippen LogP contribution < -0.4 is 5.32 Å². The Balaban J connectivity index is 1.81. The molecule has 3 rings (SSSR count). The van der Waals surface area contributed by atoms with Crippen LogP contribution in [0.4, 0.5) is 5.69 Å². The summed E-state index contributed by atoms with van der Waals surface area (Å²) >= 11 is 0. The molecule has 0 unspecified atom stereocenters. The van der Waals surface area contributed by atoms with Crippen molar-refractivity contribution in [2.75, 3.05) is 18.4 Å². The van der Waals surface area contributed by atoms with E-state index in [-0.39, 0.29) is 28.7 Å². The van der Waals surface area contributed by atoms with E-state index in [4.69, 9.17) is 0 Å². The number of benzene rings is 1. The number of amides is 1. The first-order valence-electron chi connectivity index (χ1n) is 8.82. The molecule has 1 amide bonds. The number of hydrogen-bond donors (Lipinski definition) is 2. The predicted molar refractivity (Wildman–Crippen MR) is 101 cm³/mol. The van der Waals surface area contributed by atoms with Crippen LogP contribution in [0.3, 0.4) is 0 Å². The smallest absolute Gasteiger partial charge is 0.243 e. The van der Waals surface area contributed by atoms with Gasteiger partial charge in [0.05, 0.1) is 22.7 Å². The van der Waals surface area contributed by atoms with Gasteiger partial charge < -0.3 is 10.4 Å². The molecule has 1 saturated heterocycles. The molecule has 27 heavy (non-hydrogen) atoms. The second-order valence-corrected chi connectivity index (χ2v) is 8.73. The Morgan fingerprint density at radius 3 is 2.52 bits per heavy atom. The highest BCUT2D eigenvalue weighted by Gasteiger charge is 2.28. The molecule has 146 valence electrons. The highest BCUT2D eigenvalue weighted by Crippen LogP contribution is 2.29. The van der Waals surface area contributed by atoms with Crippen LogP contribution in [0.2, 0.25) is 0 Å². The van der Waals surface area contributed by atoms with Gasteiger partial charge in [-0.2, -0.15) is 9.40 Å². The molecule has 1 aliphatic rings. The summed E-state index contributed by atoms with van der Waals surface area (Å²) < 4.78 is 28.5. The summed E-state index contributed by atoms with van der Waals surface area (Å²) in [5, 5.41) is 17.0. The fourth-order valence-corrected chi connectivity index (χ4v) is 4.83. The number of anilines is 1. The average molecular weight is 392 g/mol. The Kier molecular flexibility index (Phi) is 5.25. The Morgan fingerprint density at radius 2 is 1.93 bits per heavy atom. The molecule has 0 radical (unpaired) electrons. The maximum Gasteiger partial charge on any atom is 0.243 e. The monoisotopic (exact) mass is 392 g/mol. The first-order valence-corrected chi connectivity index (χ1v) is 10.3. The normalized spacial score (nSPS) is 15.2. The molecule has 9 heteroatoms. The van der Waals surface area contributed by atoms with Crippen molar-refractivity contribution in [3.63, 3.8) is 0 Å². The minimum absolute atomic E-state index is 0.0613. The SMILES string of the molecule is Cc1nn(C)c(C)c1CC(=O)Nc1cc(S(=O)(=O)N2CCCC2)ccc1O. The van der Waals surface area contributed by atoms with E-state index in [0.717, 1.165) is 29.8 Å². The van der Waals surface area contributed by atoms with Gasteiger partial charge in [-0.1, -0.05) is 0 Å². The highest BCUT2D eigenvalue weighted by atomic mass is 32.2. The molecule has 1 fully saturated rings. The molecule has 0 spiro atoms. The van der Waals surface area contributed by atoms with Gasteiger partial charge in [-0.05, 0) is 44.9 Å². The number of aromatic nitrogens is 2. The number of phenolic OH excluding ortho intramolecular Hbond substituents is 1. The maximum atomic E-state index is 12.7. The molecule has 0 atom stereocenters. The molecule has 1 aliphatic heterocycles. The fraction of sp³-hybridized carbons (Fsp3) is 0.444. The lowest BCUT2D eigenvalue weighted by Crippen LogP contribution is -2.28. The summed E-state index contributed by atoms with van der Waals surface area (Å²) in [6, 6.07) is 3.96. The van der Waals surface area contributed by atoms with Gasteiger partial charge in [-0.3, -0.25) is 9.48 Å². The minimum atomic E-state index is -3.63. The Morgan fingerprint density at radius 1 is 1.26 bits per heavy atom. The third-order valence-corrected chi connectivity index (χ3v) is 6.84. The summed E-state index contributed by atoms with van der Waals surface area (Å²) in [5.41, 5.74) is 2.55. The second kappa shape index (κ2) is 7.32. The van der Waals surface area contributed by atoms with E-state index < -0.39 is 10.0 Å². The third-order valence-electron chi connectivity index (χ3n) is 4.94. The van der Waals surface area contributed by atoms with Gasteiger partial charge in [0.2, 0.25) is 15.9 Å². The largest absolute Gasteiger partial charge is 0.506 e. The summed E-state index contributed by atoms with van der Waals surface area (Å²) in [7, 11) is -1.82. The van der Waals surface area contributed by atoms with Crippen LogP contribution in [0, 0.1) is 13.8 Å². The van der Waals surface area contributed by atoms with Crippen LogP contribution in [0.1, 0.15) is 29.8 Å². The van der Waals surface area contributed by atoms with E-state index in [1.165, 1.54) is 22.5 Å². The maximum absolute atomic E-state index is 12.7. The van der Waals surface area contributed by atoms with Crippen molar-refractivity contribution in [3.05, 3.63) is 35.2 Å². The van der Waals surface area contributed by atoms with Crippen molar-refractivity contribution in [3.8, 4) is 5.75 Å². The molecule has 0 bridgehead atoms. The Hall–Kier alpha value is -2.39. The number of aromatic hydroxyl groups is 1. The number of sulfonamides is 1. The third kappa shape index (κ3) is 3.84. The van der Waals surface area contributed by atoms with Gasteiger partial charge in [0.15, 0.2) is 0 Å². The van der Waals surface area contributed by atoms with Crippen LogP contribution in [-0.2, 0) is 28.3 Å². The highest BCUT2D eigenvalue weighted by molar-refractivity contribution is 7.89. The Bertz CT molecular complexity index is 975. The van der Waals surface area contributed by atoms with Crippen LogP contribution in [0.25, 0.3) is 0 Å². The van der Waals surface area contributed by atoms with E-state index in [1.807, 2.05) is 20.9 Å². The number of hydrogen-bond acceptors (Lipinski definition) is 5. The molecule has 2 N–H and O–H groups in total. The minimum Gasteiger partial charge on any atom is -0.506 e. The van der Waals surface area contributed by atoms with E-state index in [9.17, 15) is 18.3 Å². The molecular formula is C18H24N4O4S. The Labute approximate surface area is 158 Å². The first kappa shape index (κ1) is 19.4. The first-order chi connectivity index (χ1) is 12.7. The molecule has 1 aromatic heterocycles. The number of aryl methyl sites for hydroxylation is 2. The molecule has 2 heterocycles. The van der Waals surface area contributed by atoms with Crippen molar-refractivity contribution < 1.29 is 18.3 Å². The molecular weight excluding hydrogens is 368 g/mol. The standard InChI is InChI=1S/C18H24N4O4S/c1-12-15(13(2)21(3)20-12)11-18(24)19-16-10-14(6-7-17(16)23)27(25,26)22-8-4-5-9-22/h6-7,10,23H,4-5,8-9,11H2,1-3H3,(H,19,24). The number of carbonyl (C=O) groups excluding carboxylic acids is 1. The average Bonchev–Trinajstić information content (AvgIpc) is 3.22. The van der Waals surface area contributed by atoms with Crippen LogP contribution in [0.5, 0.6) is 5.75 Å². The van der Waals surface area contributed by atoms with E-state index in [0.29, 0.717) is 13.1 Å². The van der Waals surface area contributed by atoms with Crippen molar-refractivity contribution in [1.29, 1.82) is 0 Å². The number of phenols is 1. The van der Waals surface area contributed by atoms with E-state index in [1.54, 1.807) is 4.68 Å². The lowest BCUT2D eigenvalue weighted by molar-refractivity contribution is -0.115. The molecule has 0 saturated carbocycles. The summed E-state index contributed by atoms with van der Waals surface area (Å²) in [6.45, 7) is 4.69. The second-order valence-electron chi connectivity index (χ2n) is 6.79. The van der Waals surface area contributed by atoms with Gasteiger partial charge in [-0.25, -0.2) is 8.42 Å². The molecule has 1 aromatic carbocycles. The predicted octanol–water partition coefficient (Wildman–Crippen LogP) is 1.71. The number of carbonyl (C=O) groups is 1. The van der Waals surface area contributed by atoms with E-state index >= 15 is 0 Å². The summed E-state index contributed by atoms with van der Waals surface area (Å²) in [6.07, 6.45) is 1.77. The number of nitrogens with zero attached hydrogens (tertiary/aromatic N) is 3. The lowest BCUT2D eigenvalue weighted by Gasteiger charge is -2.16. The lowest BCUT2D eigenvalue weighted by atomic mass is 10.1. The fourth-order valence-electron chi connectivity index (χ4n) is 3.28. The van der Waals surface area contributed by atoms with Gasteiger partial charge >= 0.3 is 0 Å². The zero-order valence-electron chi connectivity index (χ0n) is 15.7. The molecule has 0 aliphatic carbocycles. The summed E-state index contributed by atoms with van der Waals surface area (Å²) in [4.78, 5) is 12.5. The van der Waals surface area contributed by atoms with Gasteiger partial charge in [0, 0.05) is 31.4 Å². The van der Waals surface area contributed by atoms with Gasteiger partial charge in [0.1, 0.15) is 5.75 Å². The van der Waals surface area contributed by atoms with Crippen LogP contribution in [0.15, 0.2) is 23.1 Å². The number of rotatable bonds is 5. The zero-order valence-corrected chi connectivity index (χ0v) is 16.5. The van der Waals surface area contributed by atoms with Gasteiger partial charge in [0.25, 0.3) is 0 Å².